The van der Waals surface area contributed by atoms with Crippen LogP contribution in [-0.4, -0.2) is 215 Å². The summed E-state index contributed by atoms with van der Waals surface area (Å²) in [5.74, 6) is -0.504. The largest absolute Gasteiger partial charge is 0.502 e. The molecule has 0 unspecified atom stereocenters. The summed E-state index contributed by atoms with van der Waals surface area (Å²) in [6, 6.07) is 20.2. The molecule has 0 fully saturated rings. The van der Waals surface area contributed by atoms with E-state index in [1.165, 1.54) is 23.3 Å². The number of hydrogen-bond donors (Lipinski definition) is 6. The number of urea groups is 2. The third-order valence-corrected chi connectivity index (χ3v) is 27.9. The number of amides is 8. The molecule has 2 aromatic carbocycles. The summed E-state index contributed by atoms with van der Waals surface area (Å²) in [5.41, 5.74) is 3.67. The van der Waals surface area contributed by atoms with E-state index < -0.39 is 52.9 Å². The third-order valence-electron chi connectivity index (χ3n) is 15.3. The lowest BCUT2D eigenvalue weighted by molar-refractivity contribution is -0.136. The van der Waals surface area contributed by atoms with Crippen LogP contribution in [0.2, 0.25) is 24.2 Å². The van der Waals surface area contributed by atoms with Crippen molar-refractivity contribution in [3.8, 4) is 0 Å². The number of allylic oxidation sites excluding steroid dienone is 1. The van der Waals surface area contributed by atoms with Crippen LogP contribution in [0.3, 0.4) is 0 Å². The first-order chi connectivity index (χ1) is 52.0. The van der Waals surface area contributed by atoms with Gasteiger partial charge < -0.3 is 99.2 Å². The van der Waals surface area contributed by atoms with Crippen molar-refractivity contribution >= 4 is 82.9 Å². The van der Waals surface area contributed by atoms with E-state index in [1.807, 2.05) is 165 Å². The quantitative estimate of drug-likeness (QED) is 0.0155. The van der Waals surface area contributed by atoms with Gasteiger partial charge in [0.05, 0.1) is 25.0 Å². The Morgan fingerprint density at radius 1 is 0.454 bits per heavy atom. The Balaban J connectivity index is 0.00000142. The summed E-state index contributed by atoms with van der Waals surface area (Å²) in [6.07, 6.45) is 13.7. The Kier molecular flexibility index (Phi) is 59.8. The highest BCUT2D eigenvalue weighted by Gasteiger charge is 2.43. The van der Waals surface area contributed by atoms with E-state index in [1.54, 1.807) is 0 Å². The van der Waals surface area contributed by atoms with Gasteiger partial charge in [-0.3, -0.25) is 14.5 Å². The van der Waals surface area contributed by atoms with Gasteiger partial charge in [0.2, 0.25) is 0 Å². The Bertz CT molecular complexity index is 2710. The normalized spacial score (nSPS) is 12.2. The summed E-state index contributed by atoms with van der Waals surface area (Å²) in [4.78, 5) is 71.6. The van der Waals surface area contributed by atoms with Gasteiger partial charge in [-0.2, -0.15) is 0 Å². The fraction of sp³-hybridized carbons (Fsp3) is 0.658. The van der Waals surface area contributed by atoms with Crippen LogP contribution in [0.15, 0.2) is 92.2 Å². The fourth-order valence-electron chi connectivity index (χ4n) is 10.6. The fourth-order valence-corrected chi connectivity index (χ4v) is 21.0. The van der Waals surface area contributed by atoms with E-state index in [2.05, 4.69) is 51.1 Å². The highest BCUT2D eigenvalue weighted by atomic mass is 28.4. The van der Waals surface area contributed by atoms with Crippen molar-refractivity contribution in [2.45, 2.75) is 191 Å². The zero-order valence-corrected chi connectivity index (χ0v) is 72.1. The first-order valence-electron chi connectivity index (χ1n) is 38.8. The van der Waals surface area contributed by atoms with Gasteiger partial charge >= 0.3 is 59.5 Å². The predicted octanol–water partition coefficient (Wildman–Crippen LogP) is 13.5. The first kappa shape index (κ1) is 102. The molecule has 3 rings (SSSR count). The second-order valence-corrected chi connectivity index (χ2v) is 35.2. The number of rotatable bonds is 58. The molecule has 1 aliphatic rings. The third kappa shape index (κ3) is 47.1. The van der Waals surface area contributed by atoms with Gasteiger partial charge in [-0.25, -0.2) is 19.2 Å². The van der Waals surface area contributed by atoms with Crippen LogP contribution in [0.25, 0.3) is 11.6 Å². The molecular formula is C76H137N7O21Si4. The summed E-state index contributed by atoms with van der Waals surface area (Å²) in [5, 5.41) is 17.1. The number of carbonyl (C=O) groups excluding carboxylic acids is 6. The zero-order chi connectivity index (χ0) is 80.6. The molecule has 618 valence electrons. The van der Waals surface area contributed by atoms with E-state index >= 15 is 0 Å². The monoisotopic (exact) mass is 1600 g/mol. The molecule has 0 radical (unpaired) electrons. The van der Waals surface area contributed by atoms with Gasteiger partial charge in [-0.1, -0.05) is 73.3 Å². The molecule has 1 heterocycles. The van der Waals surface area contributed by atoms with Crippen LogP contribution in [0.1, 0.15) is 178 Å². The number of alkyl carbamates (subject to hydrolysis) is 2. The average Bonchev–Trinajstić information content (AvgIpc) is 1.49. The minimum atomic E-state index is -2.66. The van der Waals surface area contributed by atoms with E-state index in [0.29, 0.717) is 175 Å². The second-order valence-electron chi connectivity index (χ2n) is 24.3. The summed E-state index contributed by atoms with van der Waals surface area (Å²) in [7, 11) is -10.6. The Labute approximate surface area is 651 Å². The number of benzene rings is 2. The van der Waals surface area contributed by atoms with Crippen molar-refractivity contribution < 1.29 is 96.1 Å². The smallest absolute Gasteiger partial charge is 0.500 e. The molecule has 0 atom stereocenters. The number of imide groups is 1. The van der Waals surface area contributed by atoms with E-state index in [9.17, 15) is 28.8 Å². The lowest BCUT2D eigenvalue weighted by Crippen LogP contribution is -2.48. The van der Waals surface area contributed by atoms with Crippen molar-refractivity contribution in [1.82, 2.24) is 36.8 Å². The zero-order valence-electron chi connectivity index (χ0n) is 68.1. The Morgan fingerprint density at radius 2 is 0.833 bits per heavy atom. The highest BCUT2D eigenvalue weighted by Crippen LogP contribution is 2.25. The maximum atomic E-state index is 12.4. The molecule has 2 aromatic rings. The van der Waals surface area contributed by atoms with Crippen molar-refractivity contribution in [3.63, 3.8) is 0 Å². The Hall–Kier alpha value is -6.19. The van der Waals surface area contributed by atoms with Crippen LogP contribution in [0, 0.1) is 0 Å². The van der Waals surface area contributed by atoms with Crippen molar-refractivity contribution in [3.05, 3.63) is 109 Å². The molecule has 0 saturated heterocycles. The molecule has 1 aliphatic heterocycles. The van der Waals surface area contributed by atoms with E-state index in [4.69, 9.17) is 67.3 Å². The predicted molar refractivity (Wildman–Crippen MR) is 432 cm³/mol. The molecule has 0 saturated carbocycles. The van der Waals surface area contributed by atoms with Gasteiger partial charge in [0.1, 0.15) is 6.61 Å². The standard InChI is InChI=1S/C22H38N2O4Si.C19H35N3O6Si.C19H31NO5Si.C16H33NO6Si/c1-8-26-29(27-9-2,28-10-3)16-12-15-23-21(25)24-22(6,7)20-14-11-13-19(17-20)18(4)5;1-4-26-29(27-5-2,28-6-3)16-10-14-21-19(25)20-13-8-7-9-15-22-17(23)11-12-18(22)24;1-4-23-26(24-5-2,25-6-3)17-11-15-20-19(21)22-16-10-14-18-12-8-7-9-13-18;1-5-19-13-9-10-14-20-16(18)17-12-11-15-24(21-6-2,22-7-3)23-8-4/h11,13-14,17H,4,8-10,12,15-16H2,1-3,5-7H3,(H2,23,24,25);11-12H,4-10,13-16H2,1-3H3,(H2,20,21,25);7-10,12-14H,4-6,11,15-17H2,1-3H3,(H,20,21);5H,1,6-15H2,2-4H3,(H,17,18)/b;;14-10+;. The topological polar surface area (TPSA) is 316 Å². The van der Waals surface area contributed by atoms with Crippen LogP contribution in [0.5, 0.6) is 0 Å². The summed E-state index contributed by atoms with van der Waals surface area (Å²) < 4.78 is 84.7. The molecule has 32 heteroatoms. The molecular weight excluding hydrogens is 1460 g/mol. The number of unbranched alkanes of at least 4 members (excludes halogenated alkanes) is 3. The lowest BCUT2D eigenvalue weighted by atomic mass is 9.92. The molecule has 6 N–H and O–H groups in total. The van der Waals surface area contributed by atoms with Crippen LogP contribution < -0.4 is 31.9 Å². The van der Waals surface area contributed by atoms with Gasteiger partial charge in [0.15, 0.2) is 0 Å². The SMILES string of the molecule is C=C(C)c1cccc(C(C)(C)NC(=O)NCCC[Si](OCC)(OCC)OCC)c1.C=COCCCCOC(=O)NCCC[Si](OCC)(OCC)OCC.CCO[Si](CCCNC(=O)NCCCCCN1C(=O)C=CC1=O)(OCC)OCC.CCO[Si](CCCNC(=O)OC/C=C/c1ccccc1)(OCC)OCC. The second kappa shape index (κ2) is 63.4. The van der Waals surface area contributed by atoms with Gasteiger partial charge in [0, 0.05) is 155 Å². The van der Waals surface area contributed by atoms with Crippen molar-refractivity contribution in [2.75, 3.05) is 138 Å². The molecule has 28 nitrogen and oxygen atoms in total. The molecule has 0 spiro atoms. The minimum Gasteiger partial charge on any atom is -0.502 e. The average molecular weight is 1600 g/mol. The number of hydrogen-bond acceptors (Lipinski definition) is 21. The lowest BCUT2D eigenvalue weighted by Gasteiger charge is -2.29. The minimum absolute atomic E-state index is 0.202. The van der Waals surface area contributed by atoms with Crippen LogP contribution >= 0.6 is 0 Å². The van der Waals surface area contributed by atoms with Gasteiger partial charge in [0.25, 0.3) is 11.8 Å². The highest BCUT2D eigenvalue weighted by molar-refractivity contribution is 6.61. The van der Waals surface area contributed by atoms with Crippen LogP contribution in [-0.2, 0) is 82.5 Å². The number of nitrogens with zero attached hydrogens (tertiary/aromatic N) is 1. The number of ether oxygens (including phenoxy) is 3. The molecule has 0 bridgehead atoms. The van der Waals surface area contributed by atoms with Gasteiger partial charge in [-0.05, 0) is 190 Å². The van der Waals surface area contributed by atoms with Crippen LogP contribution in [0.4, 0.5) is 19.2 Å². The number of nitrogens with one attached hydrogen (secondary N) is 6. The maximum Gasteiger partial charge on any atom is 0.500 e. The summed E-state index contributed by atoms with van der Waals surface area (Å²) >= 11 is 0. The molecule has 8 amide bonds. The first-order valence-corrected chi connectivity index (χ1v) is 46.5. The molecule has 108 heavy (non-hydrogen) atoms. The summed E-state index contributed by atoms with van der Waals surface area (Å²) in [6.45, 7) is 47.3. The Morgan fingerprint density at radius 3 is 1.23 bits per heavy atom. The van der Waals surface area contributed by atoms with Crippen molar-refractivity contribution in [1.29, 1.82) is 0 Å². The van der Waals surface area contributed by atoms with Crippen molar-refractivity contribution in [2.24, 2.45) is 0 Å². The maximum absolute atomic E-state index is 12.4. The molecule has 0 aromatic heterocycles. The number of carbonyl (C=O) groups is 6. The van der Waals surface area contributed by atoms with E-state index in [-0.39, 0.29) is 30.5 Å². The molecule has 0 aliphatic carbocycles. The van der Waals surface area contributed by atoms with E-state index in [0.717, 1.165) is 60.8 Å². The van der Waals surface area contributed by atoms with Gasteiger partial charge in [-0.15, -0.1) is 0 Å².